The number of amides is 1. The average Bonchev–Trinajstić information content (AvgIpc) is 2.79. The fourth-order valence-corrected chi connectivity index (χ4v) is 2.32. The molecular formula is C16H20FN3O. The summed E-state index contributed by atoms with van der Waals surface area (Å²) in [5, 5.41) is 4.16. The van der Waals surface area contributed by atoms with Crippen LogP contribution in [0.25, 0.3) is 5.69 Å². The van der Waals surface area contributed by atoms with E-state index >= 15 is 0 Å². The molecular weight excluding hydrogens is 269 g/mol. The van der Waals surface area contributed by atoms with Gasteiger partial charge in [-0.1, -0.05) is 26.0 Å². The van der Waals surface area contributed by atoms with Crippen molar-refractivity contribution >= 4 is 5.91 Å². The van der Waals surface area contributed by atoms with Gasteiger partial charge < -0.3 is 4.90 Å². The van der Waals surface area contributed by atoms with Crippen molar-refractivity contribution in [2.45, 2.75) is 20.8 Å². The molecule has 4 nitrogen and oxygen atoms in total. The van der Waals surface area contributed by atoms with Crippen molar-refractivity contribution in [1.82, 2.24) is 14.7 Å². The average molecular weight is 289 g/mol. The maximum absolute atomic E-state index is 13.8. The molecule has 0 fully saturated rings. The highest BCUT2D eigenvalue weighted by atomic mass is 19.1. The highest BCUT2D eigenvalue weighted by Gasteiger charge is 2.20. The molecule has 112 valence electrons. The van der Waals surface area contributed by atoms with Crippen LogP contribution in [-0.2, 0) is 0 Å². The summed E-state index contributed by atoms with van der Waals surface area (Å²) in [5.74, 6) is -0.0668. The number of hydrogen-bond acceptors (Lipinski definition) is 2. The first-order valence-electron chi connectivity index (χ1n) is 6.96. The molecule has 5 heteroatoms. The molecule has 0 bridgehead atoms. The predicted molar refractivity (Wildman–Crippen MR) is 80.1 cm³/mol. The van der Waals surface area contributed by atoms with Gasteiger partial charge >= 0.3 is 0 Å². The molecule has 1 aromatic heterocycles. The summed E-state index contributed by atoms with van der Waals surface area (Å²) in [5.41, 5.74) is 1.49. The zero-order valence-electron chi connectivity index (χ0n) is 12.8. The molecule has 0 aliphatic carbocycles. The van der Waals surface area contributed by atoms with E-state index in [1.165, 1.54) is 16.9 Å². The monoisotopic (exact) mass is 289 g/mol. The summed E-state index contributed by atoms with van der Waals surface area (Å²) in [6, 6.07) is 6.39. The van der Waals surface area contributed by atoms with E-state index in [1.807, 2.05) is 0 Å². The molecule has 1 heterocycles. The van der Waals surface area contributed by atoms with Gasteiger partial charge in [-0.25, -0.2) is 9.07 Å². The van der Waals surface area contributed by atoms with Crippen molar-refractivity contribution in [3.8, 4) is 5.69 Å². The summed E-state index contributed by atoms with van der Waals surface area (Å²) in [6.45, 7) is 6.55. The summed E-state index contributed by atoms with van der Waals surface area (Å²) >= 11 is 0. The molecule has 0 aliphatic rings. The van der Waals surface area contributed by atoms with Crippen molar-refractivity contribution < 1.29 is 9.18 Å². The molecule has 0 aliphatic heterocycles. The second-order valence-corrected chi connectivity index (χ2v) is 5.59. The largest absolute Gasteiger partial charge is 0.341 e. The molecule has 0 radical (unpaired) electrons. The number of rotatable bonds is 4. The van der Waals surface area contributed by atoms with Gasteiger partial charge in [-0.15, -0.1) is 0 Å². The van der Waals surface area contributed by atoms with E-state index in [2.05, 4.69) is 18.9 Å². The second kappa shape index (κ2) is 6.08. The van der Waals surface area contributed by atoms with Crippen LogP contribution in [0, 0.1) is 18.7 Å². The summed E-state index contributed by atoms with van der Waals surface area (Å²) in [6.07, 6.45) is 1.50. The Balaban J connectivity index is 2.33. The van der Waals surface area contributed by atoms with Gasteiger partial charge in [0.1, 0.15) is 11.5 Å². The van der Waals surface area contributed by atoms with E-state index in [0.29, 0.717) is 29.4 Å². The third-order valence-electron chi connectivity index (χ3n) is 3.31. The van der Waals surface area contributed by atoms with E-state index in [4.69, 9.17) is 0 Å². The smallest absolute Gasteiger partial charge is 0.257 e. The van der Waals surface area contributed by atoms with E-state index in [0.717, 1.165) is 0 Å². The Morgan fingerprint density at radius 1 is 1.38 bits per heavy atom. The highest BCUT2D eigenvalue weighted by Crippen LogP contribution is 2.18. The third-order valence-corrected chi connectivity index (χ3v) is 3.31. The van der Waals surface area contributed by atoms with Gasteiger partial charge in [0.15, 0.2) is 0 Å². The van der Waals surface area contributed by atoms with Crippen LogP contribution in [0.4, 0.5) is 4.39 Å². The molecule has 0 atom stereocenters. The number of carbonyl (C=O) groups excluding carboxylic acids is 1. The first-order valence-corrected chi connectivity index (χ1v) is 6.96. The minimum Gasteiger partial charge on any atom is -0.341 e. The second-order valence-electron chi connectivity index (χ2n) is 5.59. The summed E-state index contributed by atoms with van der Waals surface area (Å²) < 4.78 is 15.3. The number of aromatic nitrogens is 2. The zero-order chi connectivity index (χ0) is 15.6. The number of halogens is 1. The molecule has 1 aromatic carbocycles. The molecule has 21 heavy (non-hydrogen) atoms. The number of nitrogens with zero attached hydrogens (tertiary/aromatic N) is 3. The van der Waals surface area contributed by atoms with Gasteiger partial charge in [0.2, 0.25) is 0 Å². The highest BCUT2D eigenvalue weighted by molar-refractivity contribution is 5.95. The number of para-hydroxylation sites is 1. The standard InChI is InChI=1S/C16H20FN3O/c1-11(2)10-19(4)16(21)13-9-18-20(12(13)3)15-8-6-5-7-14(15)17/h5-9,11H,10H2,1-4H3. The Hall–Kier alpha value is -2.17. The lowest BCUT2D eigenvalue weighted by molar-refractivity contribution is 0.0778. The summed E-state index contributed by atoms with van der Waals surface area (Å²) in [7, 11) is 1.77. The molecule has 0 saturated carbocycles. The number of hydrogen-bond donors (Lipinski definition) is 0. The Labute approximate surface area is 124 Å². The molecule has 1 amide bonds. The Kier molecular flexibility index (Phi) is 4.40. The van der Waals surface area contributed by atoms with E-state index in [9.17, 15) is 9.18 Å². The zero-order valence-corrected chi connectivity index (χ0v) is 12.8. The van der Waals surface area contributed by atoms with Crippen molar-refractivity contribution in [3.05, 3.63) is 47.5 Å². The fraction of sp³-hybridized carbons (Fsp3) is 0.375. The van der Waals surface area contributed by atoms with E-state index < -0.39 is 0 Å². The first-order chi connectivity index (χ1) is 9.91. The van der Waals surface area contributed by atoms with Gasteiger partial charge in [0.25, 0.3) is 5.91 Å². The molecule has 0 N–H and O–H groups in total. The topological polar surface area (TPSA) is 38.1 Å². The Morgan fingerprint density at radius 2 is 2.05 bits per heavy atom. The first kappa shape index (κ1) is 15.2. The van der Waals surface area contributed by atoms with E-state index in [1.54, 1.807) is 37.1 Å². The minimum absolute atomic E-state index is 0.0937. The molecule has 2 rings (SSSR count). The Bertz CT molecular complexity index is 649. The van der Waals surface area contributed by atoms with Crippen LogP contribution in [0.2, 0.25) is 0 Å². The maximum atomic E-state index is 13.8. The van der Waals surface area contributed by atoms with Crippen LogP contribution in [0.1, 0.15) is 29.9 Å². The minimum atomic E-state index is -0.363. The lowest BCUT2D eigenvalue weighted by Gasteiger charge is -2.19. The fourth-order valence-electron chi connectivity index (χ4n) is 2.32. The lowest BCUT2D eigenvalue weighted by atomic mass is 10.2. The normalized spacial score (nSPS) is 11.0. The van der Waals surface area contributed by atoms with Crippen molar-refractivity contribution in [2.24, 2.45) is 5.92 Å². The lowest BCUT2D eigenvalue weighted by Crippen LogP contribution is -2.30. The van der Waals surface area contributed by atoms with Crippen molar-refractivity contribution in [3.63, 3.8) is 0 Å². The molecule has 0 unspecified atom stereocenters. The van der Waals surface area contributed by atoms with Crippen molar-refractivity contribution in [2.75, 3.05) is 13.6 Å². The number of carbonyl (C=O) groups is 1. The van der Waals surface area contributed by atoms with Gasteiger partial charge in [-0.3, -0.25) is 4.79 Å². The van der Waals surface area contributed by atoms with Gasteiger partial charge in [-0.2, -0.15) is 5.10 Å². The van der Waals surface area contributed by atoms with Gasteiger partial charge in [-0.05, 0) is 25.0 Å². The summed E-state index contributed by atoms with van der Waals surface area (Å²) in [4.78, 5) is 14.1. The Morgan fingerprint density at radius 3 is 2.67 bits per heavy atom. The third kappa shape index (κ3) is 3.12. The molecule has 2 aromatic rings. The SMILES string of the molecule is Cc1c(C(=O)N(C)CC(C)C)cnn1-c1ccccc1F. The quantitative estimate of drug-likeness (QED) is 0.867. The molecule has 0 saturated heterocycles. The molecule has 0 spiro atoms. The van der Waals surface area contributed by atoms with Gasteiger partial charge in [0.05, 0.1) is 17.5 Å². The van der Waals surface area contributed by atoms with Gasteiger partial charge in [0, 0.05) is 13.6 Å². The van der Waals surface area contributed by atoms with Crippen LogP contribution in [0.15, 0.2) is 30.5 Å². The maximum Gasteiger partial charge on any atom is 0.257 e. The number of benzene rings is 1. The van der Waals surface area contributed by atoms with E-state index in [-0.39, 0.29) is 11.7 Å². The van der Waals surface area contributed by atoms with Crippen LogP contribution < -0.4 is 0 Å². The van der Waals surface area contributed by atoms with Crippen LogP contribution in [0.5, 0.6) is 0 Å². The van der Waals surface area contributed by atoms with Crippen LogP contribution >= 0.6 is 0 Å². The van der Waals surface area contributed by atoms with Crippen LogP contribution in [0.3, 0.4) is 0 Å². The van der Waals surface area contributed by atoms with Crippen LogP contribution in [-0.4, -0.2) is 34.2 Å². The predicted octanol–water partition coefficient (Wildman–Crippen LogP) is 3.05. The van der Waals surface area contributed by atoms with Crippen molar-refractivity contribution in [1.29, 1.82) is 0 Å².